The number of thiophene rings is 1. The molecule has 0 saturated carbocycles. The zero-order valence-corrected chi connectivity index (χ0v) is 12.4. The highest BCUT2D eigenvalue weighted by Crippen LogP contribution is 2.33. The van der Waals surface area contributed by atoms with E-state index >= 15 is 0 Å². The lowest BCUT2D eigenvalue weighted by atomic mass is 10.2. The van der Waals surface area contributed by atoms with Crippen molar-refractivity contribution in [1.82, 2.24) is 9.97 Å². The van der Waals surface area contributed by atoms with Crippen molar-refractivity contribution in [3.05, 3.63) is 47.5 Å². The number of hydrogen-bond acceptors (Lipinski definition) is 6. The Labute approximate surface area is 128 Å². The average molecular weight is 314 g/mol. The van der Waals surface area contributed by atoms with Crippen LogP contribution in [0.25, 0.3) is 20.4 Å². The van der Waals surface area contributed by atoms with E-state index in [9.17, 15) is 5.11 Å². The van der Waals surface area contributed by atoms with Crippen LogP contribution >= 0.6 is 22.7 Å². The summed E-state index contributed by atoms with van der Waals surface area (Å²) in [7, 11) is 0. The zero-order chi connectivity index (χ0) is 14.2. The Balaban J connectivity index is 1.69. The monoisotopic (exact) mass is 314 g/mol. The van der Waals surface area contributed by atoms with E-state index in [1.54, 1.807) is 17.5 Å². The number of fused-ring (bicyclic) bond motifs is 2. The van der Waals surface area contributed by atoms with Gasteiger partial charge in [0.1, 0.15) is 5.75 Å². The third kappa shape index (κ3) is 2.37. The molecule has 0 bridgehead atoms. The standard InChI is InChI=1S/C15H10N2O2S2/c18-8-11-6-9-3-4-10(7-13(9)20-11)19-15-17-14-12(21-15)2-1-5-16-14/h1-7,18H,8H2. The van der Waals surface area contributed by atoms with Gasteiger partial charge in [-0.2, -0.15) is 4.98 Å². The molecule has 0 unspecified atom stereocenters. The summed E-state index contributed by atoms with van der Waals surface area (Å²) < 4.78 is 7.93. The predicted molar refractivity (Wildman–Crippen MR) is 85.2 cm³/mol. The molecule has 4 nitrogen and oxygen atoms in total. The third-order valence-electron chi connectivity index (χ3n) is 3.05. The molecule has 0 spiro atoms. The van der Waals surface area contributed by atoms with Crippen molar-refractivity contribution in [2.45, 2.75) is 6.61 Å². The highest BCUT2D eigenvalue weighted by Gasteiger charge is 2.08. The molecule has 6 heteroatoms. The summed E-state index contributed by atoms with van der Waals surface area (Å²) in [6.45, 7) is 0.0685. The van der Waals surface area contributed by atoms with Crippen LogP contribution in [0.2, 0.25) is 0 Å². The van der Waals surface area contributed by atoms with Gasteiger partial charge in [0.15, 0.2) is 5.65 Å². The molecule has 0 atom stereocenters. The van der Waals surface area contributed by atoms with Crippen LogP contribution in [-0.4, -0.2) is 15.1 Å². The van der Waals surface area contributed by atoms with Crippen LogP contribution in [0.15, 0.2) is 42.6 Å². The highest BCUT2D eigenvalue weighted by atomic mass is 32.1. The number of aromatic nitrogens is 2. The molecule has 0 amide bonds. The predicted octanol–water partition coefficient (Wildman–Crippen LogP) is 4.19. The number of aliphatic hydroxyl groups is 1. The van der Waals surface area contributed by atoms with E-state index in [1.807, 2.05) is 36.4 Å². The Kier molecular flexibility index (Phi) is 3.07. The van der Waals surface area contributed by atoms with Gasteiger partial charge in [-0.1, -0.05) is 11.3 Å². The minimum atomic E-state index is 0.0685. The maximum atomic E-state index is 9.19. The molecule has 3 aromatic heterocycles. The Hall–Kier alpha value is -2.02. The lowest BCUT2D eigenvalue weighted by Crippen LogP contribution is -1.82. The van der Waals surface area contributed by atoms with Gasteiger partial charge in [-0.25, -0.2) is 4.98 Å². The molecule has 4 rings (SSSR count). The number of hydrogen-bond donors (Lipinski definition) is 1. The van der Waals surface area contributed by atoms with Crippen LogP contribution in [0.3, 0.4) is 0 Å². The van der Waals surface area contributed by atoms with Crippen LogP contribution in [0.1, 0.15) is 4.88 Å². The summed E-state index contributed by atoms with van der Waals surface area (Å²) in [5.74, 6) is 0.743. The maximum Gasteiger partial charge on any atom is 0.281 e. The van der Waals surface area contributed by atoms with Gasteiger partial charge in [-0.15, -0.1) is 11.3 Å². The molecule has 0 aliphatic rings. The fraction of sp³-hybridized carbons (Fsp3) is 0.0667. The largest absolute Gasteiger partial charge is 0.431 e. The molecule has 0 radical (unpaired) electrons. The first kappa shape index (κ1) is 12.7. The SMILES string of the molecule is OCc1cc2ccc(Oc3nc4ncccc4s3)cc2s1. The second-order valence-corrected chi connectivity index (χ2v) is 6.64. The average Bonchev–Trinajstić information content (AvgIpc) is 3.09. The lowest BCUT2D eigenvalue weighted by molar-refractivity contribution is 0.285. The van der Waals surface area contributed by atoms with E-state index < -0.39 is 0 Å². The van der Waals surface area contributed by atoms with Gasteiger partial charge in [0.25, 0.3) is 5.19 Å². The lowest BCUT2D eigenvalue weighted by Gasteiger charge is -2.00. The van der Waals surface area contributed by atoms with E-state index in [0.29, 0.717) is 10.8 Å². The normalized spacial score (nSPS) is 11.3. The summed E-state index contributed by atoms with van der Waals surface area (Å²) in [6.07, 6.45) is 1.72. The fourth-order valence-corrected chi connectivity index (χ4v) is 3.85. The number of aliphatic hydroxyl groups excluding tert-OH is 1. The highest BCUT2D eigenvalue weighted by molar-refractivity contribution is 7.20. The van der Waals surface area contributed by atoms with E-state index in [4.69, 9.17) is 4.74 Å². The molecule has 3 heterocycles. The van der Waals surface area contributed by atoms with E-state index in [-0.39, 0.29) is 6.61 Å². The first-order valence-corrected chi connectivity index (χ1v) is 7.98. The van der Waals surface area contributed by atoms with Crippen molar-refractivity contribution in [2.75, 3.05) is 0 Å². The zero-order valence-electron chi connectivity index (χ0n) is 10.8. The van der Waals surface area contributed by atoms with Crippen molar-refractivity contribution >= 4 is 43.1 Å². The number of thiazole rings is 1. The molecule has 21 heavy (non-hydrogen) atoms. The summed E-state index contributed by atoms with van der Waals surface area (Å²) in [5.41, 5.74) is 0.706. The van der Waals surface area contributed by atoms with Crippen LogP contribution in [-0.2, 0) is 6.61 Å². The molecule has 1 N–H and O–H groups in total. The van der Waals surface area contributed by atoms with Crippen LogP contribution in [0, 0.1) is 0 Å². The second kappa shape index (κ2) is 5.07. The number of nitrogens with zero attached hydrogens (tertiary/aromatic N) is 2. The molecule has 0 aliphatic heterocycles. The quantitative estimate of drug-likeness (QED) is 0.616. The van der Waals surface area contributed by atoms with E-state index in [0.717, 1.165) is 25.4 Å². The van der Waals surface area contributed by atoms with E-state index in [1.165, 1.54) is 11.3 Å². The van der Waals surface area contributed by atoms with Crippen LogP contribution in [0.5, 0.6) is 10.9 Å². The van der Waals surface area contributed by atoms with Gasteiger partial charge in [-0.3, -0.25) is 0 Å². The number of pyridine rings is 1. The van der Waals surface area contributed by atoms with Crippen molar-refractivity contribution in [3.63, 3.8) is 0 Å². The molecular formula is C15H10N2O2S2. The number of ether oxygens (including phenoxy) is 1. The molecule has 104 valence electrons. The Morgan fingerprint density at radius 3 is 2.90 bits per heavy atom. The van der Waals surface area contributed by atoms with Gasteiger partial charge in [-0.05, 0) is 41.8 Å². The molecule has 0 fully saturated rings. The summed E-state index contributed by atoms with van der Waals surface area (Å²) in [4.78, 5) is 9.51. The minimum Gasteiger partial charge on any atom is -0.431 e. The van der Waals surface area contributed by atoms with Crippen LogP contribution in [0.4, 0.5) is 0 Å². The van der Waals surface area contributed by atoms with Crippen molar-refractivity contribution in [2.24, 2.45) is 0 Å². The third-order valence-corrected chi connectivity index (χ3v) is 5.02. The Morgan fingerprint density at radius 2 is 2.05 bits per heavy atom. The van der Waals surface area contributed by atoms with Crippen molar-refractivity contribution in [3.8, 4) is 10.9 Å². The fourth-order valence-electron chi connectivity index (χ4n) is 2.10. The van der Waals surface area contributed by atoms with Gasteiger partial charge in [0, 0.05) is 15.8 Å². The Bertz CT molecular complexity index is 897. The molecule has 1 aromatic carbocycles. The molecule has 0 aliphatic carbocycles. The molecular weight excluding hydrogens is 304 g/mol. The topological polar surface area (TPSA) is 55.2 Å². The first-order valence-electron chi connectivity index (χ1n) is 6.34. The van der Waals surface area contributed by atoms with Crippen molar-refractivity contribution < 1.29 is 9.84 Å². The molecule has 4 aromatic rings. The summed E-state index contributed by atoms with van der Waals surface area (Å²) in [5, 5.41) is 10.9. The molecule has 0 saturated heterocycles. The van der Waals surface area contributed by atoms with Gasteiger partial charge in [0.05, 0.1) is 11.3 Å². The van der Waals surface area contributed by atoms with E-state index in [2.05, 4.69) is 9.97 Å². The Morgan fingerprint density at radius 1 is 1.10 bits per heavy atom. The summed E-state index contributed by atoms with van der Waals surface area (Å²) >= 11 is 3.04. The smallest absolute Gasteiger partial charge is 0.281 e. The van der Waals surface area contributed by atoms with Gasteiger partial charge >= 0.3 is 0 Å². The summed E-state index contributed by atoms with van der Waals surface area (Å²) in [6, 6.07) is 11.7. The number of rotatable bonds is 3. The van der Waals surface area contributed by atoms with Crippen molar-refractivity contribution in [1.29, 1.82) is 0 Å². The van der Waals surface area contributed by atoms with Gasteiger partial charge in [0.2, 0.25) is 0 Å². The van der Waals surface area contributed by atoms with Crippen LogP contribution < -0.4 is 4.74 Å². The number of benzene rings is 1. The first-order chi connectivity index (χ1) is 10.3. The maximum absolute atomic E-state index is 9.19. The van der Waals surface area contributed by atoms with Gasteiger partial charge < -0.3 is 9.84 Å². The minimum absolute atomic E-state index is 0.0685. The second-order valence-electron chi connectivity index (χ2n) is 4.48.